The van der Waals surface area contributed by atoms with Crippen LogP contribution in [-0.2, 0) is 9.59 Å². The molecule has 5 nitrogen and oxygen atoms in total. The smallest absolute Gasteiger partial charge is 0.326 e. The molecular formula is C12H24N2O3S. The largest absolute Gasteiger partial charge is 0.480 e. The minimum atomic E-state index is -0.988. The molecule has 0 radical (unpaired) electrons. The zero-order valence-corrected chi connectivity index (χ0v) is 12.1. The van der Waals surface area contributed by atoms with Crippen molar-refractivity contribution in [1.29, 1.82) is 0 Å². The van der Waals surface area contributed by atoms with Crippen molar-refractivity contribution in [2.45, 2.75) is 32.7 Å². The molecule has 0 heterocycles. The lowest BCUT2D eigenvalue weighted by Crippen LogP contribution is -2.45. The summed E-state index contributed by atoms with van der Waals surface area (Å²) >= 11 is 1.56. The number of nitrogens with two attached hydrogens (primary N) is 1. The number of thioether (sulfide) groups is 1. The molecule has 0 saturated heterocycles. The number of carboxylic acid groups (broad SMARTS) is 1. The van der Waals surface area contributed by atoms with Gasteiger partial charge in [-0.25, -0.2) is 4.79 Å². The Kier molecular flexibility index (Phi) is 8.83. The fourth-order valence-electron chi connectivity index (χ4n) is 1.66. The minimum Gasteiger partial charge on any atom is -0.480 e. The summed E-state index contributed by atoms with van der Waals surface area (Å²) in [6, 6.07) is -0.814. The van der Waals surface area contributed by atoms with Crippen LogP contribution in [-0.4, -0.2) is 41.6 Å². The van der Waals surface area contributed by atoms with Gasteiger partial charge < -0.3 is 16.2 Å². The fourth-order valence-corrected chi connectivity index (χ4v) is 2.13. The summed E-state index contributed by atoms with van der Waals surface area (Å²) in [5.74, 6) is -0.480. The quantitative estimate of drug-likeness (QED) is 0.582. The number of carbonyl (C=O) groups is 2. The second kappa shape index (κ2) is 9.22. The molecule has 0 bridgehead atoms. The maximum absolute atomic E-state index is 11.9. The van der Waals surface area contributed by atoms with E-state index < -0.39 is 12.0 Å². The molecule has 6 heteroatoms. The van der Waals surface area contributed by atoms with Crippen molar-refractivity contribution in [3.8, 4) is 0 Å². The first-order chi connectivity index (χ1) is 8.42. The highest BCUT2D eigenvalue weighted by atomic mass is 32.2. The van der Waals surface area contributed by atoms with Crippen LogP contribution in [0.15, 0.2) is 0 Å². The van der Waals surface area contributed by atoms with Gasteiger partial charge in [0.15, 0.2) is 0 Å². The number of rotatable bonds is 9. The van der Waals surface area contributed by atoms with Crippen LogP contribution < -0.4 is 11.1 Å². The Bertz CT molecular complexity index is 272. The van der Waals surface area contributed by atoms with Crippen LogP contribution in [0.5, 0.6) is 0 Å². The van der Waals surface area contributed by atoms with Crippen LogP contribution in [0.3, 0.4) is 0 Å². The third-order valence-corrected chi connectivity index (χ3v) is 3.28. The van der Waals surface area contributed by atoms with Crippen molar-refractivity contribution in [2.24, 2.45) is 17.6 Å². The first kappa shape index (κ1) is 17.2. The summed E-state index contributed by atoms with van der Waals surface area (Å²) < 4.78 is 0. The number of carboxylic acids is 1. The summed E-state index contributed by atoms with van der Waals surface area (Å²) in [7, 11) is 0. The molecule has 0 aromatic carbocycles. The number of hydrogen-bond donors (Lipinski definition) is 3. The lowest BCUT2D eigenvalue weighted by atomic mass is 9.96. The van der Waals surface area contributed by atoms with Crippen LogP contribution in [0.2, 0.25) is 0 Å². The highest BCUT2D eigenvalue weighted by Crippen LogP contribution is 2.11. The summed E-state index contributed by atoms with van der Waals surface area (Å²) in [4.78, 5) is 22.9. The molecule has 0 aliphatic carbocycles. The molecule has 2 atom stereocenters. The number of hydrogen-bond acceptors (Lipinski definition) is 4. The van der Waals surface area contributed by atoms with E-state index >= 15 is 0 Å². The number of amides is 1. The Hall–Kier alpha value is -0.750. The van der Waals surface area contributed by atoms with Gasteiger partial charge in [0.25, 0.3) is 0 Å². The van der Waals surface area contributed by atoms with E-state index in [0.717, 1.165) is 0 Å². The first-order valence-corrected chi connectivity index (χ1v) is 7.53. The Balaban J connectivity index is 4.41. The number of carbonyl (C=O) groups excluding carboxylic acids is 1. The van der Waals surface area contributed by atoms with Crippen LogP contribution in [0, 0.1) is 11.8 Å². The minimum absolute atomic E-state index is 0.249. The zero-order valence-electron chi connectivity index (χ0n) is 11.3. The predicted octanol–water partition coefficient (Wildman–Crippen LogP) is 0.930. The normalized spacial score (nSPS) is 14.3. The van der Waals surface area contributed by atoms with Crippen LogP contribution >= 0.6 is 11.8 Å². The third-order valence-electron chi connectivity index (χ3n) is 2.64. The maximum atomic E-state index is 11.9. The maximum Gasteiger partial charge on any atom is 0.326 e. The van der Waals surface area contributed by atoms with E-state index in [2.05, 4.69) is 5.32 Å². The van der Waals surface area contributed by atoms with Crippen molar-refractivity contribution in [1.82, 2.24) is 5.32 Å². The Labute approximate surface area is 113 Å². The van der Waals surface area contributed by atoms with Crippen molar-refractivity contribution >= 4 is 23.6 Å². The Morgan fingerprint density at radius 1 is 1.39 bits per heavy atom. The Morgan fingerprint density at radius 2 is 2.00 bits per heavy atom. The molecule has 0 fully saturated rings. The van der Waals surface area contributed by atoms with Gasteiger partial charge in [0.1, 0.15) is 6.04 Å². The van der Waals surface area contributed by atoms with Gasteiger partial charge >= 0.3 is 5.97 Å². The van der Waals surface area contributed by atoms with Crippen LogP contribution in [0.25, 0.3) is 0 Å². The highest BCUT2D eigenvalue weighted by molar-refractivity contribution is 7.98. The van der Waals surface area contributed by atoms with Gasteiger partial charge in [-0.3, -0.25) is 4.79 Å². The van der Waals surface area contributed by atoms with Gasteiger partial charge in [-0.05, 0) is 30.8 Å². The van der Waals surface area contributed by atoms with Crippen molar-refractivity contribution in [2.75, 3.05) is 18.6 Å². The molecule has 106 valence electrons. The molecule has 0 saturated carbocycles. The molecule has 0 aromatic heterocycles. The van der Waals surface area contributed by atoms with E-state index in [0.29, 0.717) is 24.5 Å². The fraction of sp³-hybridized carbons (Fsp3) is 0.833. The third kappa shape index (κ3) is 6.86. The lowest BCUT2D eigenvalue weighted by Gasteiger charge is -2.20. The zero-order chi connectivity index (χ0) is 14.1. The molecule has 1 amide bonds. The topological polar surface area (TPSA) is 92.4 Å². The summed E-state index contributed by atoms with van der Waals surface area (Å²) in [6.07, 6.45) is 3.01. The van der Waals surface area contributed by atoms with E-state index in [1.165, 1.54) is 0 Å². The molecule has 0 aliphatic rings. The van der Waals surface area contributed by atoms with Crippen LogP contribution in [0.1, 0.15) is 26.7 Å². The lowest BCUT2D eigenvalue weighted by molar-refractivity contribution is -0.142. The van der Waals surface area contributed by atoms with Crippen LogP contribution in [0.4, 0.5) is 0 Å². The molecule has 0 aromatic rings. The van der Waals surface area contributed by atoms with Gasteiger partial charge in [0, 0.05) is 6.54 Å². The highest BCUT2D eigenvalue weighted by Gasteiger charge is 2.24. The van der Waals surface area contributed by atoms with Gasteiger partial charge in [0.05, 0.1) is 5.92 Å². The van der Waals surface area contributed by atoms with E-state index in [9.17, 15) is 9.59 Å². The van der Waals surface area contributed by atoms with E-state index in [1.54, 1.807) is 11.8 Å². The standard InChI is InChI=1S/C12H24N2O3S/c1-8(2)6-9(7-13)11(15)14-10(12(16)17)4-5-18-3/h8-10H,4-7,13H2,1-3H3,(H,14,15)(H,16,17). The molecule has 0 aliphatic heterocycles. The molecule has 0 spiro atoms. The predicted molar refractivity (Wildman–Crippen MR) is 74.6 cm³/mol. The Morgan fingerprint density at radius 3 is 2.39 bits per heavy atom. The number of nitrogens with one attached hydrogen (secondary N) is 1. The molecule has 4 N–H and O–H groups in total. The average molecular weight is 276 g/mol. The molecule has 18 heavy (non-hydrogen) atoms. The van der Waals surface area contributed by atoms with Gasteiger partial charge in [-0.2, -0.15) is 11.8 Å². The van der Waals surface area contributed by atoms with E-state index in [1.807, 2.05) is 20.1 Å². The molecule has 0 rings (SSSR count). The monoisotopic (exact) mass is 276 g/mol. The van der Waals surface area contributed by atoms with Gasteiger partial charge in [-0.15, -0.1) is 0 Å². The first-order valence-electron chi connectivity index (χ1n) is 6.14. The summed E-state index contributed by atoms with van der Waals surface area (Å²) in [5.41, 5.74) is 5.56. The molecular weight excluding hydrogens is 252 g/mol. The second-order valence-corrected chi connectivity index (χ2v) is 5.73. The number of aliphatic carboxylic acids is 1. The SMILES string of the molecule is CSCCC(NC(=O)C(CN)CC(C)C)C(=O)O. The molecule has 2 unspecified atom stereocenters. The van der Waals surface area contributed by atoms with Crippen molar-refractivity contribution in [3.05, 3.63) is 0 Å². The van der Waals surface area contributed by atoms with E-state index in [-0.39, 0.29) is 18.4 Å². The second-order valence-electron chi connectivity index (χ2n) is 4.74. The van der Waals surface area contributed by atoms with Crippen molar-refractivity contribution < 1.29 is 14.7 Å². The van der Waals surface area contributed by atoms with E-state index in [4.69, 9.17) is 10.8 Å². The van der Waals surface area contributed by atoms with Crippen molar-refractivity contribution in [3.63, 3.8) is 0 Å². The van der Waals surface area contributed by atoms with Gasteiger partial charge in [0.2, 0.25) is 5.91 Å². The van der Waals surface area contributed by atoms with Gasteiger partial charge in [-0.1, -0.05) is 13.8 Å². The summed E-state index contributed by atoms with van der Waals surface area (Å²) in [5, 5.41) is 11.6. The average Bonchev–Trinajstić information content (AvgIpc) is 2.30. The summed E-state index contributed by atoms with van der Waals surface area (Å²) in [6.45, 7) is 4.27.